The molecule has 0 atom stereocenters. The molecule has 3 heteroatoms. The molecule has 1 heterocycles. The van der Waals surface area contributed by atoms with Gasteiger partial charge in [-0.15, -0.1) is 11.8 Å². The predicted octanol–water partition coefficient (Wildman–Crippen LogP) is 2.88. The highest BCUT2D eigenvalue weighted by molar-refractivity contribution is 8.00. The molecule has 2 N–H and O–H groups in total. The molecule has 0 unspecified atom stereocenters. The lowest BCUT2D eigenvalue weighted by atomic mass is 10.2. The third kappa shape index (κ3) is 2.73. The summed E-state index contributed by atoms with van der Waals surface area (Å²) in [6.45, 7) is 2.63. The highest BCUT2D eigenvalue weighted by Crippen LogP contribution is 2.34. The van der Waals surface area contributed by atoms with Crippen LogP contribution in [0.25, 0.3) is 0 Å². The molecule has 82 valence electrons. The van der Waals surface area contributed by atoms with Crippen molar-refractivity contribution in [3.63, 3.8) is 0 Å². The average Bonchev–Trinajstić information content (AvgIpc) is 2.71. The Kier molecular flexibility index (Phi) is 3.65. The minimum Gasteiger partial charge on any atom is -0.325 e. The molecule has 0 aromatic carbocycles. The first-order chi connectivity index (χ1) is 7.29. The summed E-state index contributed by atoms with van der Waals surface area (Å²) in [7, 11) is 0. The van der Waals surface area contributed by atoms with E-state index in [4.69, 9.17) is 5.73 Å². The summed E-state index contributed by atoms with van der Waals surface area (Å²) >= 11 is 1.98. The van der Waals surface area contributed by atoms with Gasteiger partial charge in [0.25, 0.3) is 0 Å². The van der Waals surface area contributed by atoms with Gasteiger partial charge >= 0.3 is 0 Å². The van der Waals surface area contributed by atoms with Crippen molar-refractivity contribution in [2.45, 2.75) is 49.3 Å². The lowest BCUT2D eigenvalue weighted by molar-refractivity contribution is 0.886. The molecule has 1 fully saturated rings. The maximum absolute atomic E-state index is 5.60. The van der Waals surface area contributed by atoms with Crippen LogP contribution in [0.4, 0.5) is 0 Å². The van der Waals surface area contributed by atoms with Crippen molar-refractivity contribution in [1.29, 1.82) is 0 Å². The van der Waals surface area contributed by atoms with Gasteiger partial charge in [-0.3, -0.25) is 4.98 Å². The molecule has 1 aliphatic rings. The van der Waals surface area contributed by atoms with Gasteiger partial charge in [0, 0.05) is 22.9 Å². The Hall–Kier alpha value is -0.540. The van der Waals surface area contributed by atoms with Crippen molar-refractivity contribution in [2.75, 3.05) is 0 Å². The largest absolute Gasteiger partial charge is 0.325 e. The zero-order valence-electron chi connectivity index (χ0n) is 9.20. The molecule has 0 radical (unpaired) electrons. The van der Waals surface area contributed by atoms with E-state index in [1.807, 2.05) is 18.0 Å². The van der Waals surface area contributed by atoms with Gasteiger partial charge in [0.1, 0.15) is 0 Å². The monoisotopic (exact) mass is 222 g/mol. The summed E-state index contributed by atoms with van der Waals surface area (Å²) in [5.74, 6) is 0. The molecular weight excluding hydrogens is 204 g/mol. The summed E-state index contributed by atoms with van der Waals surface area (Å²) in [5.41, 5.74) is 7.84. The van der Waals surface area contributed by atoms with Crippen LogP contribution in [-0.2, 0) is 6.54 Å². The fraction of sp³-hybridized carbons (Fsp3) is 0.583. The molecule has 2 rings (SSSR count). The highest BCUT2D eigenvalue weighted by Gasteiger charge is 2.16. The van der Waals surface area contributed by atoms with E-state index in [0.717, 1.165) is 10.9 Å². The van der Waals surface area contributed by atoms with Crippen molar-refractivity contribution in [1.82, 2.24) is 4.98 Å². The Morgan fingerprint density at radius 1 is 1.47 bits per heavy atom. The number of nitrogens with zero attached hydrogens (tertiary/aromatic N) is 1. The van der Waals surface area contributed by atoms with Crippen LogP contribution in [0.15, 0.2) is 17.2 Å². The van der Waals surface area contributed by atoms with E-state index in [-0.39, 0.29) is 0 Å². The van der Waals surface area contributed by atoms with Gasteiger partial charge in [0.2, 0.25) is 0 Å². The van der Waals surface area contributed by atoms with E-state index >= 15 is 0 Å². The molecule has 0 saturated heterocycles. The van der Waals surface area contributed by atoms with Crippen LogP contribution in [0.5, 0.6) is 0 Å². The van der Waals surface area contributed by atoms with Gasteiger partial charge in [-0.2, -0.15) is 0 Å². The number of hydrogen-bond acceptors (Lipinski definition) is 3. The number of thioether (sulfide) groups is 1. The normalized spacial score (nSPS) is 17.2. The van der Waals surface area contributed by atoms with E-state index in [9.17, 15) is 0 Å². The number of hydrogen-bond donors (Lipinski definition) is 1. The predicted molar refractivity (Wildman–Crippen MR) is 65.0 cm³/mol. The fourth-order valence-electron chi connectivity index (χ4n) is 2.05. The molecule has 1 aromatic heterocycles. The summed E-state index contributed by atoms with van der Waals surface area (Å²) in [6, 6.07) is 2.22. The molecular formula is C12H18N2S. The smallest absolute Gasteiger partial charge is 0.0569 e. The van der Waals surface area contributed by atoms with Crippen LogP contribution in [0, 0.1) is 6.92 Å². The molecule has 1 saturated carbocycles. The summed E-state index contributed by atoms with van der Waals surface area (Å²) in [5, 5.41) is 0.815. The van der Waals surface area contributed by atoms with Crippen LogP contribution < -0.4 is 5.73 Å². The van der Waals surface area contributed by atoms with Crippen molar-refractivity contribution in [2.24, 2.45) is 5.73 Å². The molecule has 0 bridgehead atoms. The third-order valence-electron chi connectivity index (χ3n) is 2.96. The average molecular weight is 222 g/mol. The van der Waals surface area contributed by atoms with Crippen molar-refractivity contribution >= 4 is 11.8 Å². The molecule has 2 nitrogen and oxygen atoms in total. The minimum atomic E-state index is 0.542. The van der Waals surface area contributed by atoms with Crippen molar-refractivity contribution in [3.8, 4) is 0 Å². The molecule has 1 aromatic rings. The van der Waals surface area contributed by atoms with Crippen LogP contribution in [0.3, 0.4) is 0 Å². The fourth-order valence-corrected chi connectivity index (χ4v) is 3.37. The molecule has 0 aliphatic heterocycles. The van der Waals surface area contributed by atoms with E-state index < -0.39 is 0 Å². The second-order valence-corrected chi connectivity index (χ2v) is 5.54. The zero-order chi connectivity index (χ0) is 10.7. The third-order valence-corrected chi connectivity index (χ3v) is 4.26. The Labute approximate surface area is 95.7 Å². The number of aryl methyl sites for hydroxylation is 1. The maximum Gasteiger partial charge on any atom is 0.0569 e. The number of rotatable bonds is 3. The Morgan fingerprint density at radius 3 is 2.80 bits per heavy atom. The first-order valence-corrected chi connectivity index (χ1v) is 6.50. The zero-order valence-corrected chi connectivity index (χ0v) is 10.0. The van der Waals surface area contributed by atoms with Gasteiger partial charge in [-0.1, -0.05) is 12.8 Å². The minimum absolute atomic E-state index is 0.542. The van der Waals surface area contributed by atoms with Gasteiger partial charge in [0.15, 0.2) is 0 Å². The van der Waals surface area contributed by atoms with Crippen LogP contribution in [-0.4, -0.2) is 10.2 Å². The maximum atomic E-state index is 5.60. The summed E-state index contributed by atoms with van der Waals surface area (Å²) in [4.78, 5) is 5.70. The molecule has 15 heavy (non-hydrogen) atoms. The lowest BCUT2D eigenvalue weighted by Gasteiger charge is -2.10. The van der Waals surface area contributed by atoms with Gasteiger partial charge < -0.3 is 5.73 Å². The van der Waals surface area contributed by atoms with E-state index in [1.165, 1.54) is 36.1 Å². The molecule has 0 amide bonds. The van der Waals surface area contributed by atoms with Crippen LogP contribution in [0.2, 0.25) is 0 Å². The Bertz CT molecular complexity index is 332. The number of nitrogens with two attached hydrogens (primary N) is 1. The Morgan fingerprint density at radius 2 is 2.20 bits per heavy atom. The second kappa shape index (κ2) is 4.99. The van der Waals surface area contributed by atoms with E-state index in [1.54, 1.807) is 0 Å². The van der Waals surface area contributed by atoms with Gasteiger partial charge in [0.05, 0.1) is 5.69 Å². The van der Waals surface area contributed by atoms with E-state index in [2.05, 4.69) is 18.0 Å². The summed E-state index contributed by atoms with van der Waals surface area (Å²) in [6.07, 6.45) is 7.48. The van der Waals surface area contributed by atoms with Crippen molar-refractivity contribution in [3.05, 3.63) is 23.5 Å². The summed E-state index contributed by atoms with van der Waals surface area (Å²) < 4.78 is 0. The van der Waals surface area contributed by atoms with Crippen LogP contribution >= 0.6 is 11.8 Å². The topological polar surface area (TPSA) is 38.9 Å². The van der Waals surface area contributed by atoms with Gasteiger partial charge in [-0.25, -0.2) is 0 Å². The van der Waals surface area contributed by atoms with Crippen molar-refractivity contribution < 1.29 is 0 Å². The van der Waals surface area contributed by atoms with E-state index in [0.29, 0.717) is 6.54 Å². The quantitative estimate of drug-likeness (QED) is 0.854. The van der Waals surface area contributed by atoms with Gasteiger partial charge in [-0.05, 0) is 31.4 Å². The van der Waals surface area contributed by atoms with Crippen LogP contribution in [0.1, 0.15) is 36.9 Å². The number of pyridine rings is 1. The number of aromatic nitrogens is 1. The molecule has 1 aliphatic carbocycles. The second-order valence-electron chi connectivity index (χ2n) is 4.16. The first-order valence-electron chi connectivity index (χ1n) is 5.62. The molecule has 0 spiro atoms. The highest BCUT2D eigenvalue weighted by atomic mass is 32.2. The standard InChI is InChI=1S/C12H18N2S/c1-9-6-11(8-14-12(9)7-13)15-10-4-2-3-5-10/h6,8,10H,2-5,7,13H2,1H3. The SMILES string of the molecule is Cc1cc(SC2CCCC2)cnc1CN. The first kappa shape index (κ1) is 11.0. The Balaban J connectivity index is 2.05. The lowest BCUT2D eigenvalue weighted by Crippen LogP contribution is -2.02.